The van der Waals surface area contributed by atoms with Crippen LogP contribution in [0.2, 0.25) is 0 Å². The molecule has 1 unspecified atom stereocenters. The van der Waals surface area contributed by atoms with Crippen LogP contribution in [0, 0.1) is 5.82 Å². The summed E-state index contributed by atoms with van der Waals surface area (Å²) in [6.45, 7) is 0. The van der Waals surface area contributed by atoms with E-state index in [9.17, 15) is 9.18 Å². The van der Waals surface area contributed by atoms with Gasteiger partial charge < -0.3 is 15.6 Å². The van der Waals surface area contributed by atoms with Crippen LogP contribution in [0.25, 0.3) is 0 Å². The monoisotopic (exact) mass is 199 g/mol. The van der Waals surface area contributed by atoms with Crippen LogP contribution < -0.4 is 5.73 Å². The van der Waals surface area contributed by atoms with Crippen LogP contribution in [-0.2, 0) is 9.53 Å². The molecule has 0 fully saturated rings. The van der Waals surface area contributed by atoms with Crippen molar-refractivity contribution >= 4 is 5.97 Å². The molecule has 0 heterocycles. The van der Waals surface area contributed by atoms with E-state index in [0.717, 1.165) is 6.07 Å². The summed E-state index contributed by atoms with van der Waals surface area (Å²) >= 11 is 0. The Morgan fingerprint density at radius 1 is 1.64 bits per heavy atom. The van der Waals surface area contributed by atoms with E-state index in [1.807, 2.05) is 0 Å². The third-order valence-corrected chi connectivity index (χ3v) is 1.77. The highest BCUT2D eigenvalue weighted by Crippen LogP contribution is 2.20. The smallest absolute Gasteiger partial charge is 0.327 e. The van der Waals surface area contributed by atoms with Gasteiger partial charge in [0.25, 0.3) is 0 Å². The Bertz CT molecular complexity index is 354. The van der Waals surface area contributed by atoms with E-state index >= 15 is 0 Å². The van der Waals surface area contributed by atoms with E-state index in [4.69, 9.17) is 10.8 Å². The molecule has 1 rings (SSSR count). The van der Waals surface area contributed by atoms with Gasteiger partial charge in [0.1, 0.15) is 17.6 Å². The Morgan fingerprint density at radius 3 is 2.79 bits per heavy atom. The topological polar surface area (TPSA) is 72.5 Å². The van der Waals surface area contributed by atoms with Crippen molar-refractivity contribution in [3.63, 3.8) is 0 Å². The fourth-order valence-corrected chi connectivity index (χ4v) is 1.02. The van der Waals surface area contributed by atoms with Crippen molar-refractivity contribution in [3.05, 3.63) is 29.6 Å². The summed E-state index contributed by atoms with van der Waals surface area (Å²) in [4.78, 5) is 11.0. The zero-order valence-corrected chi connectivity index (χ0v) is 7.53. The lowest BCUT2D eigenvalue weighted by Gasteiger charge is -2.10. The van der Waals surface area contributed by atoms with Gasteiger partial charge in [-0.05, 0) is 6.07 Å². The Labute approximate surface area is 80.1 Å². The lowest BCUT2D eigenvalue weighted by molar-refractivity contribution is -0.142. The van der Waals surface area contributed by atoms with Crippen LogP contribution in [-0.4, -0.2) is 18.2 Å². The number of ether oxygens (including phenoxy) is 1. The van der Waals surface area contributed by atoms with Gasteiger partial charge in [-0.2, -0.15) is 0 Å². The quantitative estimate of drug-likeness (QED) is 0.688. The van der Waals surface area contributed by atoms with Crippen molar-refractivity contribution in [1.82, 2.24) is 0 Å². The fraction of sp³-hybridized carbons (Fsp3) is 0.222. The van der Waals surface area contributed by atoms with Crippen molar-refractivity contribution in [2.45, 2.75) is 6.04 Å². The number of nitrogens with two attached hydrogens (primary N) is 1. The Hall–Kier alpha value is -1.62. The SMILES string of the molecule is COC(=O)C(N)c1ccc(O)cc1F. The molecule has 0 aliphatic carbocycles. The Kier molecular flexibility index (Phi) is 3.03. The number of benzene rings is 1. The summed E-state index contributed by atoms with van der Waals surface area (Å²) in [7, 11) is 1.17. The lowest BCUT2D eigenvalue weighted by atomic mass is 10.1. The number of hydrogen-bond acceptors (Lipinski definition) is 4. The van der Waals surface area contributed by atoms with Gasteiger partial charge in [-0.25, -0.2) is 4.39 Å². The highest BCUT2D eigenvalue weighted by atomic mass is 19.1. The molecule has 14 heavy (non-hydrogen) atoms. The first-order chi connectivity index (χ1) is 6.56. The van der Waals surface area contributed by atoms with Crippen molar-refractivity contribution in [1.29, 1.82) is 0 Å². The number of rotatable bonds is 2. The maximum absolute atomic E-state index is 13.1. The van der Waals surface area contributed by atoms with Gasteiger partial charge >= 0.3 is 5.97 Å². The average molecular weight is 199 g/mol. The van der Waals surface area contributed by atoms with Crippen molar-refractivity contribution in [2.75, 3.05) is 7.11 Å². The molecule has 0 aliphatic rings. The molecule has 0 saturated carbocycles. The molecule has 0 bridgehead atoms. The number of phenolic OH excluding ortho intramolecular Hbond substituents is 1. The van der Waals surface area contributed by atoms with Crippen molar-refractivity contribution < 1.29 is 19.0 Å². The van der Waals surface area contributed by atoms with Gasteiger partial charge in [-0.3, -0.25) is 4.79 Å². The number of methoxy groups -OCH3 is 1. The van der Waals surface area contributed by atoms with E-state index in [2.05, 4.69) is 4.74 Å². The standard InChI is InChI=1S/C9H10FNO3/c1-14-9(13)8(11)6-3-2-5(12)4-7(6)10/h2-4,8,12H,11H2,1H3. The molecule has 0 amide bonds. The van der Waals surface area contributed by atoms with Crippen LogP contribution in [0.15, 0.2) is 18.2 Å². The molecule has 5 heteroatoms. The largest absolute Gasteiger partial charge is 0.508 e. The number of phenols is 1. The maximum Gasteiger partial charge on any atom is 0.327 e. The second kappa shape index (κ2) is 4.06. The first-order valence-electron chi connectivity index (χ1n) is 3.88. The molecule has 0 radical (unpaired) electrons. The molecule has 0 aliphatic heterocycles. The molecule has 76 valence electrons. The first-order valence-corrected chi connectivity index (χ1v) is 3.88. The van der Waals surface area contributed by atoms with Gasteiger partial charge in [-0.15, -0.1) is 0 Å². The van der Waals surface area contributed by atoms with Crippen molar-refractivity contribution in [2.24, 2.45) is 5.73 Å². The highest BCUT2D eigenvalue weighted by molar-refractivity contribution is 5.77. The Morgan fingerprint density at radius 2 is 2.29 bits per heavy atom. The molecule has 3 N–H and O–H groups in total. The molecule has 0 aromatic heterocycles. The number of halogens is 1. The first kappa shape index (κ1) is 10.5. The van der Waals surface area contributed by atoms with Gasteiger partial charge in [0.15, 0.2) is 0 Å². The molecule has 0 spiro atoms. The third-order valence-electron chi connectivity index (χ3n) is 1.77. The zero-order chi connectivity index (χ0) is 10.7. The second-order valence-electron chi connectivity index (χ2n) is 2.71. The minimum absolute atomic E-state index is 0.00495. The van der Waals surface area contributed by atoms with Crippen LogP contribution in [0.4, 0.5) is 4.39 Å². The molecule has 1 aromatic rings. The third kappa shape index (κ3) is 2.00. The average Bonchev–Trinajstić information content (AvgIpc) is 2.15. The van der Waals surface area contributed by atoms with Crippen LogP contribution >= 0.6 is 0 Å². The molecular weight excluding hydrogens is 189 g/mol. The van der Waals surface area contributed by atoms with E-state index in [1.165, 1.54) is 19.2 Å². The molecule has 4 nitrogen and oxygen atoms in total. The normalized spacial score (nSPS) is 12.2. The van der Waals surface area contributed by atoms with Crippen molar-refractivity contribution in [3.8, 4) is 5.75 Å². The number of esters is 1. The lowest BCUT2D eigenvalue weighted by Crippen LogP contribution is -2.23. The molecule has 1 aromatic carbocycles. The highest BCUT2D eigenvalue weighted by Gasteiger charge is 2.19. The predicted octanol–water partition coefficient (Wildman–Crippen LogP) is 0.704. The molecule has 1 atom stereocenters. The minimum atomic E-state index is -1.17. The number of carbonyl (C=O) groups is 1. The summed E-state index contributed by atoms with van der Waals surface area (Å²) in [5.41, 5.74) is 5.40. The van der Waals surface area contributed by atoms with Crippen LogP contribution in [0.1, 0.15) is 11.6 Å². The number of carbonyl (C=O) groups excluding carboxylic acids is 1. The second-order valence-corrected chi connectivity index (χ2v) is 2.71. The van der Waals surface area contributed by atoms with Gasteiger partial charge in [0, 0.05) is 11.6 Å². The fourth-order valence-electron chi connectivity index (χ4n) is 1.02. The number of aromatic hydroxyl groups is 1. The Balaban J connectivity index is 3.01. The van der Waals surface area contributed by atoms with E-state index in [-0.39, 0.29) is 11.3 Å². The van der Waals surface area contributed by atoms with Crippen LogP contribution in [0.5, 0.6) is 5.75 Å². The molecular formula is C9H10FNO3. The molecule has 0 saturated heterocycles. The van der Waals surface area contributed by atoms with Gasteiger partial charge in [0.2, 0.25) is 0 Å². The van der Waals surface area contributed by atoms with E-state index in [1.54, 1.807) is 0 Å². The minimum Gasteiger partial charge on any atom is -0.508 e. The summed E-state index contributed by atoms with van der Waals surface area (Å²) in [5, 5.41) is 8.92. The summed E-state index contributed by atoms with van der Waals surface area (Å²) in [6, 6.07) is 2.21. The summed E-state index contributed by atoms with van der Waals surface area (Å²) in [6.07, 6.45) is 0. The van der Waals surface area contributed by atoms with Gasteiger partial charge in [-0.1, -0.05) is 6.07 Å². The summed E-state index contributed by atoms with van der Waals surface area (Å²) in [5.74, 6) is -1.68. The van der Waals surface area contributed by atoms with E-state index < -0.39 is 17.8 Å². The van der Waals surface area contributed by atoms with E-state index in [0.29, 0.717) is 0 Å². The number of hydrogen-bond donors (Lipinski definition) is 2. The predicted molar refractivity (Wildman–Crippen MR) is 47.0 cm³/mol. The van der Waals surface area contributed by atoms with Gasteiger partial charge in [0.05, 0.1) is 7.11 Å². The maximum atomic E-state index is 13.1. The zero-order valence-electron chi connectivity index (χ0n) is 7.53. The van der Waals surface area contributed by atoms with Crippen LogP contribution in [0.3, 0.4) is 0 Å². The summed E-state index contributed by atoms with van der Waals surface area (Å²) < 4.78 is 17.5.